The Hall–Kier alpha value is -1.06. The highest BCUT2D eigenvalue weighted by atomic mass is 35.5. The van der Waals surface area contributed by atoms with E-state index in [9.17, 15) is 4.79 Å². The van der Waals surface area contributed by atoms with E-state index in [0.29, 0.717) is 5.56 Å². The smallest absolute Gasteiger partial charge is 0.337 e. The van der Waals surface area contributed by atoms with Crippen LogP contribution < -0.4 is 0 Å². The van der Waals surface area contributed by atoms with Crippen LogP contribution in [0.15, 0.2) is 18.2 Å². The number of carbonyl (C=O) groups is 1. The average molecular weight is 243 g/mol. The van der Waals surface area contributed by atoms with Gasteiger partial charge in [0.1, 0.15) is 0 Å². The molecule has 88 valence electrons. The highest BCUT2D eigenvalue weighted by molar-refractivity contribution is 6.17. The van der Waals surface area contributed by atoms with Gasteiger partial charge in [-0.25, -0.2) is 4.79 Å². The Morgan fingerprint density at radius 3 is 2.62 bits per heavy atom. The maximum absolute atomic E-state index is 11.0. The van der Waals surface area contributed by atoms with Crippen LogP contribution in [-0.2, 0) is 9.53 Å². The number of carboxylic acids is 1. The predicted octanol–water partition coefficient (Wildman–Crippen LogP) is 2.68. The molecule has 0 fully saturated rings. The highest BCUT2D eigenvalue weighted by Crippen LogP contribution is 2.20. The summed E-state index contributed by atoms with van der Waals surface area (Å²) in [5, 5.41) is 9.05. The number of carboxylic acid groups (broad SMARTS) is 1. The maximum atomic E-state index is 11.0. The van der Waals surface area contributed by atoms with Crippen LogP contribution in [0.3, 0.4) is 0 Å². The van der Waals surface area contributed by atoms with Crippen molar-refractivity contribution in [1.82, 2.24) is 0 Å². The van der Waals surface area contributed by atoms with Crippen LogP contribution in [0.25, 0.3) is 0 Å². The van der Waals surface area contributed by atoms with Gasteiger partial charge in [-0.05, 0) is 30.5 Å². The molecule has 1 rings (SSSR count). The van der Waals surface area contributed by atoms with Gasteiger partial charge in [0, 0.05) is 5.88 Å². The Balaban J connectivity index is 2.92. The molecule has 0 heterocycles. The number of hydrogen-bond acceptors (Lipinski definition) is 2. The number of aryl methyl sites for hydroxylation is 2. The maximum Gasteiger partial charge on any atom is 0.337 e. The third-order valence-electron chi connectivity index (χ3n) is 2.42. The standard InChI is InChI=1S/C12H15ClO3/c1-8-3-4-10(7-9(8)2)11(12(14)15)16-6-5-13/h3-4,7,11H,5-6H2,1-2H3,(H,14,15). The van der Waals surface area contributed by atoms with Gasteiger partial charge in [-0.1, -0.05) is 18.2 Å². The SMILES string of the molecule is Cc1ccc(C(OCCCl)C(=O)O)cc1C. The van der Waals surface area contributed by atoms with Gasteiger partial charge in [0.2, 0.25) is 0 Å². The highest BCUT2D eigenvalue weighted by Gasteiger charge is 2.20. The first-order chi connectivity index (χ1) is 7.56. The van der Waals surface area contributed by atoms with Gasteiger partial charge in [-0.2, -0.15) is 0 Å². The molecule has 0 bridgehead atoms. The third kappa shape index (κ3) is 3.22. The van der Waals surface area contributed by atoms with Crippen molar-refractivity contribution < 1.29 is 14.6 Å². The quantitative estimate of drug-likeness (QED) is 0.808. The molecule has 1 aromatic carbocycles. The van der Waals surface area contributed by atoms with Crippen LogP contribution in [0.2, 0.25) is 0 Å². The number of rotatable bonds is 5. The summed E-state index contributed by atoms with van der Waals surface area (Å²) < 4.78 is 5.20. The van der Waals surface area contributed by atoms with E-state index < -0.39 is 12.1 Å². The van der Waals surface area contributed by atoms with Gasteiger partial charge in [0.15, 0.2) is 6.10 Å². The monoisotopic (exact) mass is 242 g/mol. The summed E-state index contributed by atoms with van der Waals surface area (Å²) in [6, 6.07) is 5.50. The zero-order valence-corrected chi connectivity index (χ0v) is 10.1. The first-order valence-corrected chi connectivity index (χ1v) is 5.57. The molecule has 16 heavy (non-hydrogen) atoms. The van der Waals surface area contributed by atoms with Crippen LogP contribution in [0.1, 0.15) is 22.8 Å². The minimum absolute atomic E-state index is 0.228. The molecule has 0 saturated carbocycles. The van der Waals surface area contributed by atoms with Crippen molar-refractivity contribution in [3.63, 3.8) is 0 Å². The lowest BCUT2D eigenvalue weighted by atomic mass is 10.0. The van der Waals surface area contributed by atoms with E-state index in [1.807, 2.05) is 26.0 Å². The molecule has 0 radical (unpaired) electrons. The lowest BCUT2D eigenvalue weighted by Crippen LogP contribution is -2.16. The van der Waals surface area contributed by atoms with Crippen molar-refractivity contribution in [3.05, 3.63) is 34.9 Å². The molecular formula is C12H15ClO3. The number of ether oxygens (including phenoxy) is 1. The summed E-state index contributed by atoms with van der Waals surface area (Å²) in [6.45, 7) is 4.15. The molecule has 0 amide bonds. The molecule has 0 spiro atoms. The van der Waals surface area contributed by atoms with Crippen LogP contribution >= 0.6 is 11.6 Å². The molecule has 0 aliphatic heterocycles. The summed E-state index contributed by atoms with van der Waals surface area (Å²) in [7, 11) is 0. The number of hydrogen-bond donors (Lipinski definition) is 1. The summed E-state index contributed by atoms with van der Waals surface area (Å²) in [5.74, 6) is -0.706. The second kappa shape index (κ2) is 5.87. The minimum atomic E-state index is -0.992. The molecule has 1 aromatic rings. The van der Waals surface area contributed by atoms with Gasteiger partial charge in [-0.3, -0.25) is 0 Å². The van der Waals surface area contributed by atoms with Crippen molar-refractivity contribution >= 4 is 17.6 Å². The number of aliphatic carboxylic acids is 1. The molecule has 4 heteroatoms. The zero-order chi connectivity index (χ0) is 12.1. The fraction of sp³-hybridized carbons (Fsp3) is 0.417. The Kier molecular flexibility index (Phi) is 4.77. The van der Waals surface area contributed by atoms with Gasteiger partial charge >= 0.3 is 5.97 Å². The van der Waals surface area contributed by atoms with Crippen molar-refractivity contribution in [2.75, 3.05) is 12.5 Å². The van der Waals surface area contributed by atoms with Gasteiger partial charge in [-0.15, -0.1) is 11.6 Å². The number of alkyl halides is 1. The van der Waals surface area contributed by atoms with E-state index in [1.165, 1.54) is 0 Å². The number of halogens is 1. The molecule has 1 N–H and O–H groups in total. The molecule has 0 saturated heterocycles. The van der Waals surface area contributed by atoms with Crippen LogP contribution in [0.4, 0.5) is 0 Å². The summed E-state index contributed by atoms with van der Waals surface area (Å²) in [5.41, 5.74) is 2.84. The predicted molar refractivity (Wildman–Crippen MR) is 63.0 cm³/mol. The average Bonchev–Trinajstić information content (AvgIpc) is 2.23. The summed E-state index contributed by atoms with van der Waals surface area (Å²) in [6.07, 6.45) is -0.932. The first-order valence-electron chi connectivity index (χ1n) is 5.03. The molecular weight excluding hydrogens is 228 g/mol. The van der Waals surface area contributed by atoms with E-state index in [0.717, 1.165) is 11.1 Å². The van der Waals surface area contributed by atoms with Gasteiger partial charge in [0.25, 0.3) is 0 Å². The zero-order valence-electron chi connectivity index (χ0n) is 9.37. The normalized spacial score (nSPS) is 12.4. The van der Waals surface area contributed by atoms with Crippen molar-refractivity contribution in [3.8, 4) is 0 Å². The lowest BCUT2D eigenvalue weighted by Gasteiger charge is -2.14. The van der Waals surface area contributed by atoms with E-state index in [4.69, 9.17) is 21.4 Å². The molecule has 0 aliphatic carbocycles. The Bertz CT molecular complexity index is 377. The second-order valence-electron chi connectivity index (χ2n) is 3.62. The largest absolute Gasteiger partial charge is 0.479 e. The summed E-state index contributed by atoms with van der Waals surface area (Å²) in [4.78, 5) is 11.0. The molecule has 0 aliphatic rings. The Morgan fingerprint density at radius 1 is 1.44 bits per heavy atom. The van der Waals surface area contributed by atoms with Crippen molar-refractivity contribution in [2.24, 2.45) is 0 Å². The molecule has 3 nitrogen and oxygen atoms in total. The first kappa shape index (κ1) is 13.0. The second-order valence-corrected chi connectivity index (χ2v) is 4.00. The molecule has 1 atom stereocenters. The fourth-order valence-electron chi connectivity index (χ4n) is 1.40. The van der Waals surface area contributed by atoms with Crippen molar-refractivity contribution in [2.45, 2.75) is 20.0 Å². The van der Waals surface area contributed by atoms with E-state index in [2.05, 4.69) is 0 Å². The van der Waals surface area contributed by atoms with Crippen molar-refractivity contribution in [1.29, 1.82) is 0 Å². The van der Waals surface area contributed by atoms with Gasteiger partial charge in [0.05, 0.1) is 6.61 Å². The Labute approximate surface area is 100.0 Å². The lowest BCUT2D eigenvalue weighted by molar-refractivity contribution is -0.150. The fourth-order valence-corrected chi connectivity index (χ4v) is 1.49. The van der Waals surface area contributed by atoms with E-state index >= 15 is 0 Å². The minimum Gasteiger partial charge on any atom is -0.479 e. The van der Waals surface area contributed by atoms with Crippen LogP contribution in [-0.4, -0.2) is 23.6 Å². The third-order valence-corrected chi connectivity index (χ3v) is 2.57. The number of benzene rings is 1. The topological polar surface area (TPSA) is 46.5 Å². The molecule has 1 unspecified atom stereocenters. The Morgan fingerprint density at radius 2 is 2.12 bits per heavy atom. The van der Waals surface area contributed by atoms with Gasteiger partial charge < -0.3 is 9.84 Å². The van der Waals surface area contributed by atoms with Crippen LogP contribution in [0.5, 0.6) is 0 Å². The molecule has 0 aromatic heterocycles. The van der Waals surface area contributed by atoms with Crippen LogP contribution in [0, 0.1) is 13.8 Å². The van der Waals surface area contributed by atoms with E-state index in [-0.39, 0.29) is 12.5 Å². The summed E-state index contributed by atoms with van der Waals surface area (Å²) >= 11 is 5.48. The van der Waals surface area contributed by atoms with E-state index in [1.54, 1.807) is 6.07 Å².